The van der Waals surface area contributed by atoms with Gasteiger partial charge in [-0.25, -0.2) is 0 Å². The summed E-state index contributed by atoms with van der Waals surface area (Å²) in [5.74, 6) is 0. The molecule has 0 N–H and O–H groups in total. The van der Waals surface area contributed by atoms with Crippen LogP contribution < -0.4 is 0 Å². The Morgan fingerprint density at radius 2 is 0.923 bits per heavy atom. The van der Waals surface area contributed by atoms with Gasteiger partial charge in [0.2, 0.25) is 0 Å². The van der Waals surface area contributed by atoms with E-state index in [1.807, 2.05) is 27.7 Å². The molecule has 0 aromatic rings. The van der Waals surface area contributed by atoms with Crippen molar-refractivity contribution in [2.75, 3.05) is 65.2 Å². The minimum atomic E-state index is -3.04. The van der Waals surface area contributed by atoms with Gasteiger partial charge in [-0.15, -0.1) is 0 Å². The summed E-state index contributed by atoms with van der Waals surface area (Å²) >= 11 is 0. The van der Waals surface area contributed by atoms with E-state index < -0.39 is 15.2 Å². The van der Waals surface area contributed by atoms with Gasteiger partial charge in [-0.2, -0.15) is 0 Å². The summed E-state index contributed by atoms with van der Waals surface area (Å²) in [5.41, 5.74) is -0.180. The topological polar surface area (TPSA) is 77.5 Å². The highest BCUT2D eigenvalue weighted by atomic mass is 31.2. The Morgan fingerprint density at radius 3 is 1.19 bits per heavy atom. The van der Waals surface area contributed by atoms with E-state index in [4.69, 9.17) is 18.1 Å². The third-order valence-electron chi connectivity index (χ3n) is 4.82. The largest absolute Gasteiger partial charge is 0.344 e. The summed E-state index contributed by atoms with van der Waals surface area (Å²) < 4.78 is 47.7. The molecule has 0 aliphatic carbocycles. The molecule has 3 aliphatic rings. The zero-order valence-electron chi connectivity index (χ0n) is 16.3. The Bertz CT molecular complexity index is 524. The second-order valence-electron chi connectivity index (χ2n) is 9.16. The second-order valence-corrected chi connectivity index (χ2v) is 13.2. The van der Waals surface area contributed by atoms with Gasteiger partial charge in [-0.05, 0) is 0 Å². The van der Waals surface area contributed by atoms with Crippen LogP contribution in [0.3, 0.4) is 0 Å². The summed E-state index contributed by atoms with van der Waals surface area (Å²) in [6.45, 7) is 12.9. The highest BCUT2D eigenvalue weighted by Crippen LogP contribution is 2.55. The molecule has 0 atom stereocenters. The van der Waals surface area contributed by atoms with Crippen molar-refractivity contribution in [1.82, 2.24) is 9.80 Å². The second kappa shape index (κ2) is 7.57. The fraction of sp³-hybridized carbons (Fsp3) is 1.00. The van der Waals surface area contributed by atoms with Crippen LogP contribution >= 0.6 is 15.2 Å². The van der Waals surface area contributed by atoms with Crippen molar-refractivity contribution in [2.24, 2.45) is 10.8 Å². The van der Waals surface area contributed by atoms with E-state index in [0.717, 1.165) is 26.2 Å². The lowest BCUT2D eigenvalue weighted by molar-refractivity contribution is 0.0290. The molecular weight excluding hydrogens is 378 g/mol. The smallest absolute Gasteiger partial charge is 0.307 e. The number of nitrogens with zero attached hydrogens (tertiary/aromatic N) is 2. The predicted molar refractivity (Wildman–Crippen MR) is 99.5 cm³/mol. The molecule has 8 nitrogen and oxygen atoms in total. The monoisotopic (exact) mass is 410 g/mol. The molecule has 0 radical (unpaired) electrons. The lowest BCUT2D eigenvalue weighted by Gasteiger charge is -2.40. The first-order valence-corrected chi connectivity index (χ1v) is 12.6. The van der Waals surface area contributed by atoms with E-state index in [1.54, 1.807) is 0 Å². The fourth-order valence-corrected chi connectivity index (χ4v) is 7.18. The first-order chi connectivity index (χ1) is 12.0. The molecule has 3 aliphatic heterocycles. The molecule has 3 fully saturated rings. The van der Waals surface area contributed by atoms with Crippen LogP contribution in [0.5, 0.6) is 0 Å². The van der Waals surface area contributed by atoms with Crippen molar-refractivity contribution in [3.8, 4) is 0 Å². The Hall–Kier alpha value is 0.220. The number of hydrogen-bond acceptors (Lipinski definition) is 8. The third-order valence-corrected chi connectivity index (χ3v) is 8.40. The van der Waals surface area contributed by atoms with Gasteiger partial charge >= 0.3 is 15.2 Å². The lowest BCUT2D eigenvalue weighted by atomic mass is 9.97. The molecule has 0 bridgehead atoms. The molecule has 0 aromatic heterocycles. The highest BCUT2D eigenvalue weighted by molar-refractivity contribution is 7.54. The van der Waals surface area contributed by atoms with E-state index in [1.165, 1.54) is 0 Å². The minimum absolute atomic E-state index is 0.0900. The fourth-order valence-electron chi connectivity index (χ4n) is 2.98. The van der Waals surface area contributed by atoms with Gasteiger partial charge in [0.05, 0.1) is 26.4 Å². The van der Waals surface area contributed by atoms with Gasteiger partial charge in [0.25, 0.3) is 0 Å². The summed E-state index contributed by atoms with van der Waals surface area (Å²) in [5, 5.41) is 0. The van der Waals surface area contributed by atoms with E-state index in [9.17, 15) is 9.13 Å². The maximum atomic E-state index is 12.7. The molecule has 3 saturated heterocycles. The van der Waals surface area contributed by atoms with Gasteiger partial charge in [-0.3, -0.25) is 18.9 Å². The zero-order valence-corrected chi connectivity index (χ0v) is 18.1. The number of piperazine rings is 1. The summed E-state index contributed by atoms with van der Waals surface area (Å²) in [6.07, 6.45) is 0.630. The normalized spacial score (nSPS) is 31.5. The molecule has 26 heavy (non-hydrogen) atoms. The molecule has 10 heteroatoms. The Balaban J connectivity index is 1.43. The molecule has 0 amide bonds. The number of hydrogen-bond donors (Lipinski definition) is 0. The van der Waals surface area contributed by atoms with Crippen LogP contribution in [0.2, 0.25) is 0 Å². The molecule has 3 rings (SSSR count). The van der Waals surface area contributed by atoms with Crippen LogP contribution in [-0.4, -0.2) is 75.0 Å². The zero-order chi connectivity index (χ0) is 19.1. The SMILES string of the molecule is CC1(C)COP(=O)(CN2CCN(CP3(=O)OCC(C)(C)CO3)CC2)OC1. The molecular formula is C16H32N2O6P2. The average Bonchev–Trinajstić information content (AvgIpc) is 2.56. The van der Waals surface area contributed by atoms with E-state index in [2.05, 4.69) is 9.80 Å². The van der Waals surface area contributed by atoms with E-state index in [-0.39, 0.29) is 10.8 Å². The van der Waals surface area contributed by atoms with E-state index >= 15 is 0 Å². The van der Waals surface area contributed by atoms with Crippen molar-refractivity contribution in [3.63, 3.8) is 0 Å². The highest BCUT2D eigenvalue weighted by Gasteiger charge is 2.40. The maximum Gasteiger partial charge on any atom is 0.344 e. The third kappa shape index (κ3) is 5.62. The van der Waals surface area contributed by atoms with Crippen LogP contribution in [0.25, 0.3) is 0 Å². The molecule has 0 spiro atoms. The first-order valence-electron chi connectivity index (χ1n) is 9.19. The maximum absolute atomic E-state index is 12.7. The number of rotatable bonds is 4. The Labute approximate surface area is 156 Å². The van der Waals surface area contributed by atoms with Gasteiger partial charge in [-0.1, -0.05) is 27.7 Å². The van der Waals surface area contributed by atoms with Gasteiger partial charge in [0, 0.05) is 37.0 Å². The van der Waals surface area contributed by atoms with Gasteiger partial charge in [0.15, 0.2) is 0 Å². The molecule has 152 valence electrons. The summed E-state index contributed by atoms with van der Waals surface area (Å²) in [4.78, 5) is 4.19. The predicted octanol–water partition coefficient (Wildman–Crippen LogP) is 3.05. The van der Waals surface area contributed by atoms with Crippen LogP contribution in [-0.2, 0) is 27.2 Å². The average molecular weight is 410 g/mol. The standard InChI is InChI=1S/C16H32N2O6P2/c1-15(2)9-21-25(19,22-10-15)13-17-5-7-18(8-6-17)14-26(20)23-11-16(3,4)12-24-26/h5-14H2,1-4H3. The van der Waals surface area contributed by atoms with Gasteiger partial charge < -0.3 is 18.1 Å². The van der Waals surface area contributed by atoms with Crippen molar-refractivity contribution < 1.29 is 27.2 Å². The molecule has 3 heterocycles. The van der Waals surface area contributed by atoms with Crippen molar-refractivity contribution >= 4 is 15.2 Å². The van der Waals surface area contributed by atoms with Crippen molar-refractivity contribution in [1.29, 1.82) is 0 Å². The quantitative estimate of drug-likeness (QED) is 0.655. The van der Waals surface area contributed by atoms with Gasteiger partial charge in [0.1, 0.15) is 12.6 Å². The van der Waals surface area contributed by atoms with E-state index in [0.29, 0.717) is 39.0 Å². The molecule has 0 unspecified atom stereocenters. The van der Waals surface area contributed by atoms with Crippen molar-refractivity contribution in [3.05, 3.63) is 0 Å². The van der Waals surface area contributed by atoms with Crippen LogP contribution in [0.1, 0.15) is 27.7 Å². The molecule has 0 saturated carbocycles. The van der Waals surface area contributed by atoms with Crippen LogP contribution in [0.15, 0.2) is 0 Å². The molecule has 0 aromatic carbocycles. The van der Waals surface area contributed by atoms with Crippen molar-refractivity contribution in [2.45, 2.75) is 27.7 Å². The lowest BCUT2D eigenvalue weighted by Crippen LogP contribution is -2.47. The summed E-state index contributed by atoms with van der Waals surface area (Å²) in [7, 11) is -6.08. The minimum Gasteiger partial charge on any atom is -0.307 e. The first kappa shape index (κ1) is 20.9. The Morgan fingerprint density at radius 1 is 0.654 bits per heavy atom. The Kier molecular flexibility index (Phi) is 6.09. The van der Waals surface area contributed by atoms with Crippen LogP contribution in [0.4, 0.5) is 0 Å². The summed E-state index contributed by atoms with van der Waals surface area (Å²) in [6, 6.07) is 0. The van der Waals surface area contributed by atoms with Crippen LogP contribution in [0, 0.1) is 10.8 Å².